The molecule has 6 nitrogen and oxygen atoms in total. The van der Waals surface area contributed by atoms with E-state index in [4.69, 9.17) is 0 Å². The van der Waals surface area contributed by atoms with Crippen LogP contribution < -0.4 is 5.32 Å². The first-order valence-electron chi connectivity index (χ1n) is 7.12. The van der Waals surface area contributed by atoms with Gasteiger partial charge in [0.05, 0.1) is 11.2 Å². The molecule has 0 bridgehead atoms. The molecule has 7 heteroatoms. The zero-order chi connectivity index (χ0) is 14.5. The van der Waals surface area contributed by atoms with Gasteiger partial charge in [-0.2, -0.15) is 0 Å². The van der Waals surface area contributed by atoms with Crippen molar-refractivity contribution >= 4 is 17.2 Å². The summed E-state index contributed by atoms with van der Waals surface area (Å²) in [6, 6.07) is 2.32. The normalized spacial score (nSPS) is 18.5. The average Bonchev–Trinajstić information content (AvgIpc) is 3.05. The van der Waals surface area contributed by atoms with E-state index in [1.54, 1.807) is 18.0 Å². The van der Waals surface area contributed by atoms with Crippen molar-refractivity contribution in [3.63, 3.8) is 0 Å². The summed E-state index contributed by atoms with van der Waals surface area (Å²) in [5.74, 6) is 0.881. The lowest BCUT2D eigenvalue weighted by molar-refractivity contribution is 0.0966. The minimum atomic E-state index is -0.484. The van der Waals surface area contributed by atoms with Crippen molar-refractivity contribution in [3.8, 4) is 0 Å². The number of hydrogen-bond donors (Lipinski definition) is 2. The van der Waals surface area contributed by atoms with Crippen molar-refractivity contribution in [2.75, 3.05) is 25.0 Å². The lowest BCUT2D eigenvalue weighted by Gasteiger charge is -2.33. The number of likely N-dealkylation sites (tertiary alicyclic amines) is 1. The van der Waals surface area contributed by atoms with Crippen LogP contribution in [0.2, 0.25) is 0 Å². The summed E-state index contributed by atoms with van der Waals surface area (Å²) < 4.78 is 0. The molecule has 2 N–H and O–H groups in total. The van der Waals surface area contributed by atoms with E-state index in [2.05, 4.69) is 25.2 Å². The number of anilines is 1. The van der Waals surface area contributed by atoms with E-state index < -0.39 is 6.10 Å². The lowest BCUT2D eigenvalue weighted by atomic mass is 10.0. The summed E-state index contributed by atoms with van der Waals surface area (Å²) in [5.41, 5.74) is 2.54. The fourth-order valence-corrected chi connectivity index (χ4v) is 3.17. The minimum Gasteiger partial charge on any atom is -0.385 e. The van der Waals surface area contributed by atoms with E-state index in [1.807, 2.05) is 11.4 Å². The predicted octanol–water partition coefficient (Wildman–Crippen LogP) is 1.54. The molecule has 21 heavy (non-hydrogen) atoms. The van der Waals surface area contributed by atoms with Gasteiger partial charge in [0.25, 0.3) is 0 Å². The average molecular weight is 305 g/mol. The molecule has 1 aliphatic rings. The standard InChI is InChI=1S/C14H19N5OS/c20-13(12-8-21-10-17-12)7-19-5-2-11(3-6-19)18-14-1-4-15-9-16-14/h1,4,8-11,13,20H,2-3,5-7H2,(H,15,16,18). The van der Waals surface area contributed by atoms with Crippen molar-refractivity contribution < 1.29 is 5.11 Å². The molecule has 1 atom stereocenters. The fraction of sp³-hybridized carbons (Fsp3) is 0.500. The summed E-state index contributed by atoms with van der Waals surface area (Å²) in [5, 5.41) is 15.5. The van der Waals surface area contributed by atoms with Crippen LogP contribution in [0.25, 0.3) is 0 Å². The maximum absolute atomic E-state index is 10.1. The Kier molecular flexibility index (Phi) is 4.74. The van der Waals surface area contributed by atoms with Gasteiger partial charge in [-0.15, -0.1) is 11.3 Å². The van der Waals surface area contributed by atoms with Gasteiger partial charge >= 0.3 is 0 Å². The van der Waals surface area contributed by atoms with Crippen molar-refractivity contribution in [1.82, 2.24) is 19.9 Å². The molecule has 1 aliphatic heterocycles. The van der Waals surface area contributed by atoms with Gasteiger partial charge in [-0.25, -0.2) is 15.0 Å². The maximum Gasteiger partial charge on any atom is 0.129 e. The van der Waals surface area contributed by atoms with Crippen LogP contribution in [0.3, 0.4) is 0 Å². The van der Waals surface area contributed by atoms with Gasteiger partial charge in [0, 0.05) is 37.3 Å². The Morgan fingerprint density at radius 2 is 2.24 bits per heavy atom. The second kappa shape index (κ2) is 6.93. The Bertz CT molecular complexity index is 528. The van der Waals surface area contributed by atoms with Crippen LogP contribution in [0.5, 0.6) is 0 Å². The zero-order valence-corrected chi connectivity index (χ0v) is 12.5. The van der Waals surface area contributed by atoms with E-state index in [1.165, 1.54) is 11.3 Å². The fourth-order valence-electron chi connectivity index (χ4n) is 2.57. The molecule has 3 rings (SSSR count). The number of rotatable bonds is 5. The highest BCUT2D eigenvalue weighted by Crippen LogP contribution is 2.19. The maximum atomic E-state index is 10.1. The molecule has 0 spiro atoms. The van der Waals surface area contributed by atoms with E-state index >= 15 is 0 Å². The van der Waals surface area contributed by atoms with E-state index in [0.717, 1.165) is 37.4 Å². The minimum absolute atomic E-state index is 0.438. The molecule has 1 unspecified atom stereocenters. The summed E-state index contributed by atoms with van der Waals surface area (Å²) in [6.07, 6.45) is 4.92. The molecule has 112 valence electrons. The summed E-state index contributed by atoms with van der Waals surface area (Å²) >= 11 is 1.52. The first kappa shape index (κ1) is 14.4. The number of aliphatic hydroxyl groups excluding tert-OH is 1. The van der Waals surface area contributed by atoms with Crippen LogP contribution in [0.15, 0.2) is 29.5 Å². The molecular formula is C14H19N5OS. The van der Waals surface area contributed by atoms with Gasteiger partial charge in [0.1, 0.15) is 18.2 Å². The Hall–Kier alpha value is -1.57. The summed E-state index contributed by atoms with van der Waals surface area (Å²) in [7, 11) is 0. The highest BCUT2D eigenvalue weighted by atomic mass is 32.1. The third-order valence-electron chi connectivity index (χ3n) is 3.75. The predicted molar refractivity (Wildman–Crippen MR) is 82.2 cm³/mol. The SMILES string of the molecule is OC(CN1CCC(Nc2ccncn2)CC1)c1cscn1. The molecule has 0 aromatic carbocycles. The second-order valence-corrected chi connectivity index (χ2v) is 5.96. The van der Waals surface area contributed by atoms with Gasteiger partial charge < -0.3 is 15.3 Å². The van der Waals surface area contributed by atoms with E-state index in [0.29, 0.717) is 12.6 Å². The van der Waals surface area contributed by atoms with Gasteiger partial charge in [-0.05, 0) is 18.9 Å². The summed E-state index contributed by atoms with van der Waals surface area (Å²) in [4.78, 5) is 14.6. The highest BCUT2D eigenvalue weighted by molar-refractivity contribution is 7.07. The largest absolute Gasteiger partial charge is 0.385 e. The smallest absolute Gasteiger partial charge is 0.129 e. The molecule has 2 aromatic rings. The molecular weight excluding hydrogens is 286 g/mol. The van der Waals surface area contributed by atoms with Gasteiger partial charge in [-0.1, -0.05) is 0 Å². The molecule has 0 saturated carbocycles. The van der Waals surface area contributed by atoms with Crippen LogP contribution in [0.1, 0.15) is 24.6 Å². The van der Waals surface area contributed by atoms with Crippen molar-refractivity contribution in [3.05, 3.63) is 35.2 Å². The highest BCUT2D eigenvalue weighted by Gasteiger charge is 2.22. The zero-order valence-electron chi connectivity index (χ0n) is 11.7. The van der Waals surface area contributed by atoms with Crippen LogP contribution in [-0.2, 0) is 0 Å². The number of piperidine rings is 1. The topological polar surface area (TPSA) is 74.2 Å². The first-order chi connectivity index (χ1) is 10.3. The monoisotopic (exact) mass is 305 g/mol. The van der Waals surface area contributed by atoms with Gasteiger partial charge in [-0.3, -0.25) is 0 Å². The number of nitrogens with zero attached hydrogens (tertiary/aromatic N) is 4. The van der Waals surface area contributed by atoms with Crippen molar-refractivity contribution in [2.24, 2.45) is 0 Å². The third-order valence-corrected chi connectivity index (χ3v) is 4.35. The van der Waals surface area contributed by atoms with Crippen LogP contribution in [0, 0.1) is 0 Å². The molecule has 1 saturated heterocycles. The second-order valence-electron chi connectivity index (χ2n) is 5.24. The number of aliphatic hydroxyl groups is 1. The van der Waals surface area contributed by atoms with Gasteiger partial charge in [0.15, 0.2) is 0 Å². The van der Waals surface area contributed by atoms with Crippen molar-refractivity contribution in [2.45, 2.75) is 25.0 Å². The third kappa shape index (κ3) is 3.96. The lowest BCUT2D eigenvalue weighted by Crippen LogP contribution is -2.41. The van der Waals surface area contributed by atoms with E-state index in [-0.39, 0.29) is 0 Å². The van der Waals surface area contributed by atoms with Gasteiger partial charge in [0.2, 0.25) is 0 Å². The molecule has 1 fully saturated rings. The van der Waals surface area contributed by atoms with E-state index in [9.17, 15) is 5.11 Å². The number of nitrogens with one attached hydrogen (secondary N) is 1. The summed E-state index contributed by atoms with van der Waals surface area (Å²) in [6.45, 7) is 2.61. The molecule has 3 heterocycles. The quantitative estimate of drug-likeness (QED) is 0.873. The Labute approximate surface area is 127 Å². The Morgan fingerprint density at radius 1 is 1.38 bits per heavy atom. The molecule has 0 aliphatic carbocycles. The molecule has 2 aromatic heterocycles. The Morgan fingerprint density at radius 3 is 2.90 bits per heavy atom. The Balaban J connectivity index is 1.45. The van der Waals surface area contributed by atoms with Crippen LogP contribution in [-0.4, -0.2) is 50.6 Å². The van der Waals surface area contributed by atoms with Crippen LogP contribution >= 0.6 is 11.3 Å². The number of thiazole rings is 1. The first-order valence-corrected chi connectivity index (χ1v) is 8.06. The molecule has 0 amide bonds. The number of β-amino-alcohol motifs (C(OH)–C–C–N with tert-alkyl or cyclic N) is 1. The number of hydrogen-bond acceptors (Lipinski definition) is 7. The van der Waals surface area contributed by atoms with Crippen molar-refractivity contribution in [1.29, 1.82) is 0 Å². The molecule has 0 radical (unpaired) electrons. The number of aromatic nitrogens is 3. The van der Waals surface area contributed by atoms with Crippen LogP contribution in [0.4, 0.5) is 5.82 Å².